The number of nitrogens with zero attached hydrogens (tertiary/aromatic N) is 6. The fraction of sp³-hybridized carbons (Fsp3) is 0.381. The molecule has 0 spiro atoms. The molecule has 156 valence electrons. The quantitative estimate of drug-likeness (QED) is 0.353. The van der Waals surface area contributed by atoms with Gasteiger partial charge in [0, 0.05) is 56.9 Å². The normalized spacial score (nSPS) is 14.8. The number of carbonyl (C=O) groups excluding carboxylic acids is 1. The van der Waals surface area contributed by atoms with Crippen LogP contribution in [0.4, 0.5) is 11.4 Å². The van der Waals surface area contributed by atoms with Gasteiger partial charge in [-0.2, -0.15) is 5.10 Å². The molecule has 4 rings (SSSR count). The minimum absolute atomic E-state index is 0.0488. The van der Waals surface area contributed by atoms with Crippen molar-refractivity contribution in [1.29, 1.82) is 0 Å². The second-order valence-corrected chi connectivity index (χ2v) is 7.54. The number of imidazole rings is 1. The van der Waals surface area contributed by atoms with Crippen LogP contribution in [-0.2, 0) is 13.6 Å². The smallest absolute Gasteiger partial charge is 0.293 e. The van der Waals surface area contributed by atoms with Crippen LogP contribution in [0.2, 0.25) is 0 Å². The Balaban J connectivity index is 1.53. The van der Waals surface area contributed by atoms with Gasteiger partial charge in [-0.3, -0.25) is 19.6 Å². The molecular weight excluding hydrogens is 384 g/mol. The highest BCUT2D eigenvalue weighted by Gasteiger charge is 2.27. The molecule has 0 saturated carbocycles. The van der Waals surface area contributed by atoms with Gasteiger partial charge in [0.05, 0.1) is 11.1 Å². The Labute approximate surface area is 174 Å². The Morgan fingerprint density at radius 3 is 2.67 bits per heavy atom. The van der Waals surface area contributed by atoms with Gasteiger partial charge in [0.25, 0.3) is 5.69 Å². The van der Waals surface area contributed by atoms with Crippen LogP contribution < -0.4 is 4.90 Å². The fourth-order valence-electron chi connectivity index (χ4n) is 4.01. The first-order chi connectivity index (χ1) is 14.5. The van der Waals surface area contributed by atoms with E-state index in [0.717, 1.165) is 32.5 Å². The summed E-state index contributed by atoms with van der Waals surface area (Å²) in [6, 6.07) is 4.70. The molecule has 1 aliphatic rings. The number of piperidine rings is 1. The van der Waals surface area contributed by atoms with Crippen molar-refractivity contribution in [1.82, 2.24) is 19.3 Å². The number of nitro groups is 1. The maximum Gasteiger partial charge on any atom is 0.293 e. The van der Waals surface area contributed by atoms with E-state index in [1.54, 1.807) is 29.9 Å². The van der Waals surface area contributed by atoms with Gasteiger partial charge < -0.3 is 9.47 Å². The summed E-state index contributed by atoms with van der Waals surface area (Å²) in [6.07, 6.45) is 9.01. The molecule has 0 N–H and O–H groups in total. The average molecular weight is 408 g/mol. The van der Waals surface area contributed by atoms with E-state index in [4.69, 9.17) is 0 Å². The summed E-state index contributed by atoms with van der Waals surface area (Å²) < 4.78 is 3.53. The second-order valence-electron chi connectivity index (χ2n) is 7.54. The van der Waals surface area contributed by atoms with Crippen LogP contribution in [0.25, 0.3) is 0 Å². The fourth-order valence-corrected chi connectivity index (χ4v) is 4.01. The monoisotopic (exact) mass is 408 g/mol. The van der Waals surface area contributed by atoms with E-state index in [9.17, 15) is 14.9 Å². The zero-order valence-electron chi connectivity index (χ0n) is 17.1. The summed E-state index contributed by atoms with van der Waals surface area (Å²) in [4.78, 5) is 30.1. The van der Waals surface area contributed by atoms with Crippen LogP contribution in [0, 0.1) is 10.1 Å². The summed E-state index contributed by atoms with van der Waals surface area (Å²) in [5.41, 5.74) is 2.00. The Morgan fingerprint density at radius 1 is 1.30 bits per heavy atom. The van der Waals surface area contributed by atoms with Crippen LogP contribution in [0.1, 0.15) is 47.4 Å². The number of aryl methyl sites for hydroxylation is 2. The van der Waals surface area contributed by atoms with E-state index in [-0.39, 0.29) is 22.9 Å². The van der Waals surface area contributed by atoms with Crippen molar-refractivity contribution < 1.29 is 9.72 Å². The number of ketones is 1. The SMILES string of the molecule is CCn1cc(C2CCN(c3ccc(C(=O)c4nccn4C)cc3[N+](=O)[O-])CC2)cn1. The number of carbonyl (C=O) groups is 1. The van der Waals surface area contributed by atoms with Crippen LogP contribution >= 0.6 is 0 Å². The van der Waals surface area contributed by atoms with Crippen molar-refractivity contribution in [3.8, 4) is 0 Å². The number of anilines is 1. The third kappa shape index (κ3) is 3.70. The predicted octanol–water partition coefficient (Wildman–Crippen LogP) is 3.16. The standard InChI is InChI=1S/C21H24N6O3/c1-3-26-14-17(13-23-26)15-6-9-25(10-7-15)18-5-4-16(12-19(18)27(29)30)20(28)21-22-8-11-24(21)2/h4-5,8,11-15H,3,6-7,9-10H2,1-2H3. The molecule has 1 aromatic carbocycles. The first-order valence-electron chi connectivity index (χ1n) is 10.1. The number of hydrogen-bond acceptors (Lipinski definition) is 6. The number of nitro benzene ring substituents is 1. The van der Waals surface area contributed by atoms with Crippen molar-refractivity contribution in [2.24, 2.45) is 7.05 Å². The summed E-state index contributed by atoms with van der Waals surface area (Å²) >= 11 is 0. The Kier molecular flexibility index (Phi) is 5.35. The minimum Gasteiger partial charge on any atom is -0.366 e. The lowest BCUT2D eigenvalue weighted by molar-refractivity contribution is -0.384. The second kappa shape index (κ2) is 8.10. The molecule has 30 heavy (non-hydrogen) atoms. The van der Waals surface area contributed by atoms with Crippen molar-refractivity contribution in [2.45, 2.75) is 32.2 Å². The third-order valence-electron chi connectivity index (χ3n) is 5.74. The molecule has 0 bridgehead atoms. The van der Waals surface area contributed by atoms with E-state index in [2.05, 4.69) is 23.2 Å². The maximum atomic E-state index is 12.7. The van der Waals surface area contributed by atoms with Gasteiger partial charge in [0.2, 0.25) is 5.78 Å². The van der Waals surface area contributed by atoms with Gasteiger partial charge in [-0.1, -0.05) is 0 Å². The van der Waals surface area contributed by atoms with Crippen molar-refractivity contribution >= 4 is 17.2 Å². The molecule has 0 unspecified atom stereocenters. The molecule has 9 heteroatoms. The largest absolute Gasteiger partial charge is 0.366 e. The molecule has 3 heterocycles. The first-order valence-corrected chi connectivity index (χ1v) is 10.1. The van der Waals surface area contributed by atoms with E-state index >= 15 is 0 Å². The summed E-state index contributed by atoms with van der Waals surface area (Å²) in [5.74, 6) is 0.333. The number of benzene rings is 1. The number of hydrogen-bond donors (Lipinski definition) is 0. The molecule has 0 amide bonds. The number of aromatic nitrogens is 4. The van der Waals surface area contributed by atoms with Crippen LogP contribution in [0.5, 0.6) is 0 Å². The zero-order valence-corrected chi connectivity index (χ0v) is 17.1. The van der Waals surface area contributed by atoms with Gasteiger partial charge in [-0.05, 0) is 43.4 Å². The lowest BCUT2D eigenvalue weighted by Crippen LogP contribution is -2.33. The van der Waals surface area contributed by atoms with Crippen LogP contribution in [0.15, 0.2) is 43.0 Å². The van der Waals surface area contributed by atoms with E-state index < -0.39 is 4.92 Å². The lowest BCUT2D eigenvalue weighted by Gasteiger charge is -2.33. The number of rotatable bonds is 6. The van der Waals surface area contributed by atoms with E-state index in [1.807, 2.05) is 15.8 Å². The Hall–Kier alpha value is -3.49. The lowest BCUT2D eigenvalue weighted by atomic mass is 9.91. The zero-order chi connectivity index (χ0) is 21.3. The Morgan fingerprint density at radius 2 is 2.07 bits per heavy atom. The molecule has 1 aliphatic heterocycles. The topological polar surface area (TPSA) is 99.1 Å². The summed E-state index contributed by atoms with van der Waals surface area (Å²) in [6.45, 7) is 4.33. The summed E-state index contributed by atoms with van der Waals surface area (Å²) in [7, 11) is 1.72. The van der Waals surface area contributed by atoms with Gasteiger partial charge >= 0.3 is 0 Å². The van der Waals surface area contributed by atoms with Crippen molar-refractivity contribution in [3.63, 3.8) is 0 Å². The molecule has 9 nitrogen and oxygen atoms in total. The van der Waals surface area contributed by atoms with E-state index in [0.29, 0.717) is 11.6 Å². The van der Waals surface area contributed by atoms with Crippen molar-refractivity contribution in [2.75, 3.05) is 18.0 Å². The molecule has 3 aromatic rings. The van der Waals surface area contributed by atoms with Crippen LogP contribution in [0.3, 0.4) is 0 Å². The summed E-state index contributed by atoms with van der Waals surface area (Å²) in [5, 5.41) is 16.1. The molecule has 1 saturated heterocycles. The predicted molar refractivity (Wildman–Crippen MR) is 112 cm³/mol. The van der Waals surface area contributed by atoms with Gasteiger partial charge in [0.15, 0.2) is 5.82 Å². The Bertz CT molecular complexity index is 1080. The minimum atomic E-state index is -0.415. The highest BCUT2D eigenvalue weighted by atomic mass is 16.6. The highest BCUT2D eigenvalue weighted by Crippen LogP contribution is 2.35. The molecule has 1 fully saturated rings. The molecule has 2 aromatic heterocycles. The van der Waals surface area contributed by atoms with Gasteiger partial charge in [-0.25, -0.2) is 4.98 Å². The molecule has 0 aliphatic carbocycles. The molecular formula is C21H24N6O3. The third-order valence-corrected chi connectivity index (χ3v) is 5.74. The van der Waals surface area contributed by atoms with E-state index in [1.165, 1.54) is 17.8 Å². The highest BCUT2D eigenvalue weighted by molar-refractivity contribution is 6.07. The average Bonchev–Trinajstić information content (AvgIpc) is 3.42. The molecule has 0 atom stereocenters. The van der Waals surface area contributed by atoms with Gasteiger partial charge in [0.1, 0.15) is 5.69 Å². The maximum absolute atomic E-state index is 12.7. The molecule has 0 radical (unpaired) electrons. The van der Waals surface area contributed by atoms with Gasteiger partial charge in [-0.15, -0.1) is 0 Å². The van der Waals surface area contributed by atoms with Crippen LogP contribution in [-0.4, -0.2) is 43.1 Å². The first kappa shape index (κ1) is 19.8. The van der Waals surface area contributed by atoms with Crippen molar-refractivity contribution in [3.05, 3.63) is 70.1 Å².